The van der Waals surface area contributed by atoms with Gasteiger partial charge in [-0.05, 0) is 29.8 Å². The van der Waals surface area contributed by atoms with Gasteiger partial charge in [0.15, 0.2) is 10.8 Å². The largest absolute Gasteiger partial charge is 0.497 e. The lowest BCUT2D eigenvalue weighted by atomic mass is 10.2. The maximum absolute atomic E-state index is 9.36. The molecule has 0 amide bonds. The standard InChI is InChI=1S/C20H16ClN3O3S2/c1-26-13-4-2-12(3-5-13)10-27-18-8-15(16-7-6-14(9-25)29-16)22-19(24-18)20-23-17(21)11-28-20/h2-8,11,25H,9-10H2,1H3. The summed E-state index contributed by atoms with van der Waals surface area (Å²) in [4.78, 5) is 15.2. The van der Waals surface area contributed by atoms with E-state index >= 15 is 0 Å². The van der Waals surface area contributed by atoms with Gasteiger partial charge in [0.1, 0.15) is 17.5 Å². The number of ether oxygens (including phenoxy) is 2. The van der Waals surface area contributed by atoms with E-state index in [1.165, 1.54) is 22.7 Å². The van der Waals surface area contributed by atoms with Crippen molar-refractivity contribution in [2.24, 2.45) is 0 Å². The van der Waals surface area contributed by atoms with Crippen LogP contribution >= 0.6 is 34.3 Å². The zero-order valence-electron chi connectivity index (χ0n) is 15.3. The van der Waals surface area contributed by atoms with Crippen molar-refractivity contribution in [3.8, 4) is 33.0 Å². The van der Waals surface area contributed by atoms with Crippen molar-refractivity contribution in [3.63, 3.8) is 0 Å². The molecule has 0 aliphatic carbocycles. The topological polar surface area (TPSA) is 77.4 Å². The molecule has 0 unspecified atom stereocenters. The third-order valence-corrected chi connectivity index (χ3v) is 6.24. The Kier molecular flexibility index (Phi) is 6.05. The normalized spacial score (nSPS) is 10.9. The third-order valence-electron chi connectivity index (χ3n) is 3.99. The van der Waals surface area contributed by atoms with Crippen molar-refractivity contribution < 1.29 is 14.6 Å². The first-order valence-corrected chi connectivity index (χ1v) is 10.7. The summed E-state index contributed by atoms with van der Waals surface area (Å²) in [6.07, 6.45) is 0. The predicted molar refractivity (Wildman–Crippen MR) is 115 cm³/mol. The van der Waals surface area contributed by atoms with Crippen molar-refractivity contribution in [1.29, 1.82) is 0 Å². The van der Waals surface area contributed by atoms with Crippen molar-refractivity contribution in [2.45, 2.75) is 13.2 Å². The van der Waals surface area contributed by atoms with Crippen LogP contribution in [0.25, 0.3) is 21.4 Å². The maximum Gasteiger partial charge on any atom is 0.217 e. The van der Waals surface area contributed by atoms with Crippen LogP contribution in [0.2, 0.25) is 5.15 Å². The number of methoxy groups -OCH3 is 1. The highest BCUT2D eigenvalue weighted by Gasteiger charge is 2.14. The second-order valence-corrected chi connectivity index (χ2v) is 8.36. The second-order valence-electron chi connectivity index (χ2n) is 5.95. The number of aliphatic hydroxyl groups is 1. The van der Waals surface area contributed by atoms with Crippen LogP contribution in [0.5, 0.6) is 11.6 Å². The molecule has 0 saturated heterocycles. The molecule has 148 valence electrons. The summed E-state index contributed by atoms with van der Waals surface area (Å²) in [5.74, 6) is 1.67. The molecule has 1 aromatic carbocycles. The van der Waals surface area contributed by atoms with Crippen LogP contribution in [-0.2, 0) is 13.2 Å². The Morgan fingerprint density at radius 1 is 1.07 bits per heavy atom. The molecule has 29 heavy (non-hydrogen) atoms. The van der Waals surface area contributed by atoms with Gasteiger partial charge in [0.25, 0.3) is 0 Å². The Balaban J connectivity index is 1.64. The Morgan fingerprint density at radius 2 is 1.90 bits per heavy atom. The zero-order valence-corrected chi connectivity index (χ0v) is 17.7. The lowest BCUT2D eigenvalue weighted by Crippen LogP contribution is -2.00. The first-order valence-electron chi connectivity index (χ1n) is 8.61. The highest BCUT2D eigenvalue weighted by atomic mass is 35.5. The van der Waals surface area contributed by atoms with E-state index in [9.17, 15) is 5.11 Å². The summed E-state index contributed by atoms with van der Waals surface area (Å²) in [6.45, 7) is 0.344. The average molecular weight is 446 g/mol. The van der Waals surface area contributed by atoms with E-state index in [0.29, 0.717) is 34.2 Å². The molecule has 4 aromatic rings. The Morgan fingerprint density at radius 3 is 2.55 bits per heavy atom. The van der Waals surface area contributed by atoms with Gasteiger partial charge in [-0.1, -0.05) is 23.7 Å². The Hall–Kier alpha value is -2.52. The summed E-state index contributed by atoms with van der Waals surface area (Å²) < 4.78 is 11.1. The predicted octanol–water partition coefficient (Wildman–Crippen LogP) is 5.06. The number of thiophene rings is 1. The van der Waals surface area contributed by atoms with E-state index in [0.717, 1.165) is 21.1 Å². The quantitative estimate of drug-likeness (QED) is 0.428. The minimum atomic E-state index is -0.00841. The fraction of sp³-hybridized carbons (Fsp3) is 0.150. The smallest absolute Gasteiger partial charge is 0.217 e. The van der Waals surface area contributed by atoms with Crippen LogP contribution in [0.1, 0.15) is 10.4 Å². The van der Waals surface area contributed by atoms with Crippen LogP contribution in [0.15, 0.2) is 47.8 Å². The molecule has 6 nitrogen and oxygen atoms in total. The summed E-state index contributed by atoms with van der Waals surface area (Å²) >= 11 is 8.81. The number of benzene rings is 1. The number of aromatic nitrogens is 3. The summed E-state index contributed by atoms with van der Waals surface area (Å²) in [6, 6.07) is 13.2. The summed E-state index contributed by atoms with van der Waals surface area (Å²) in [7, 11) is 1.63. The molecular weight excluding hydrogens is 430 g/mol. The molecule has 0 bridgehead atoms. The highest BCUT2D eigenvalue weighted by molar-refractivity contribution is 7.15. The number of hydrogen-bond donors (Lipinski definition) is 1. The first-order chi connectivity index (χ1) is 14.1. The molecule has 3 heterocycles. The van der Waals surface area contributed by atoms with Gasteiger partial charge in [0.05, 0.1) is 24.3 Å². The molecular formula is C20H16ClN3O3S2. The van der Waals surface area contributed by atoms with Crippen LogP contribution in [0.4, 0.5) is 0 Å². The van der Waals surface area contributed by atoms with E-state index in [4.69, 9.17) is 21.1 Å². The lowest BCUT2D eigenvalue weighted by molar-refractivity contribution is 0.285. The minimum Gasteiger partial charge on any atom is -0.497 e. The van der Waals surface area contributed by atoms with Crippen molar-refractivity contribution in [3.05, 3.63) is 63.4 Å². The van der Waals surface area contributed by atoms with Gasteiger partial charge in [0, 0.05) is 16.3 Å². The molecule has 0 fully saturated rings. The van der Waals surface area contributed by atoms with Gasteiger partial charge in [0.2, 0.25) is 5.88 Å². The maximum atomic E-state index is 9.36. The molecule has 3 aromatic heterocycles. The van der Waals surface area contributed by atoms with Crippen molar-refractivity contribution in [1.82, 2.24) is 15.0 Å². The number of thiazole rings is 1. The van der Waals surface area contributed by atoms with Gasteiger partial charge >= 0.3 is 0 Å². The molecule has 0 aliphatic heterocycles. The van der Waals surface area contributed by atoms with Crippen LogP contribution in [0, 0.1) is 0 Å². The van der Waals surface area contributed by atoms with Crippen molar-refractivity contribution >= 4 is 34.3 Å². The van der Waals surface area contributed by atoms with E-state index in [1.54, 1.807) is 18.6 Å². The van der Waals surface area contributed by atoms with Gasteiger partial charge in [-0.25, -0.2) is 9.97 Å². The van der Waals surface area contributed by atoms with Gasteiger partial charge in [-0.2, -0.15) is 4.98 Å². The van der Waals surface area contributed by atoms with E-state index in [1.807, 2.05) is 36.4 Å². The highest BCUT2D eigenvalue weighted by Crippen LogP contribution is 2.32. The van der Waals surface area contributed by atoms with Gasteiger partial charge in [-0.3, -0.25) is 0 Å². The number of aliphatic hydroxyl groups excluding tert-OH is 1. The van der Waals surface area contributed by atoms with Crippen LogP contribution < -0.4 is 9.47 Å². The van der Waals surface area contributed by atoms with Gasteiger partial charge in [-0.15, -0.1) is 22.7 Å². The Labute approximate surface area is 180 Å². The lowest BCUT2D eigenvalue weighted by Gasteiger charge is -2.09. The number of halogens is 1. The second kappa shape index (κ2) is 8.87. The van der Waals surface area contributed by atoms with Gasteiger partial charge < -0.3 is 14.6 Å². The van der Waals surface area contributed by atoms with E-state index < -0.39 is 0 Å². The summed E-state index contributed by atoms with van der Waals surface area (Å²) in [5, 5.41) is 12.1. The molecule has 0 saturated carbocycles. The molecule has 1 N–H and O–H groups in total. The number of rotatable bonds is 7. The summed E-state index contributed by atoms with van der Waals surface area (Å²) in [5.41, 5.74) is 1.69. The average Bonchev–Trinajstić information content (AvgIpc) is 3.41. The SMILES string of the molecule is COc1ccc(COc2cc(-c3ccc(CO)s3)nc(-c3nc(Cl)cs3)n2)cc1. The monoisotopic (exact) mass is 445 g/mol. The molecule has 0 atom stereocenters. The molecule has 0 spiro atoms. The van der Waals surface area contributed by atoms with E-state index in [2.05, 4.69) is 15.0 Å². The number of nitrogens with zero attached hydrogens (tertiary/aromatic N) is 3. The molecule has 9 heteroatoms. The Bertz CT molecular complexity index is 1110. The van der Waals surface area contributed by atoms with E-state index in [-0.39, 0.29) is 6.61 Å². The van der Waals surface area contributed by atoms with Crippen molar-refractivity contribution in [2.75, 3.05) is 7.11 Å². The van der Waals surface area contributed by atoms with Crippen LogP contribution in [0.3, 0.4) is 0 Å². The minimum absolute atomic E-state index is 0.00841. The number of hydrogen-bond acceptors (Lipinski definition) is 8. The fourth-order valence-corrected chi connectivity index (χ4v) is 4.26. The molecule has 4 rings (SSSR count). The third kappa shape index (κ3) is 4.73. The zero-order chi connectivity index (χ0) is 20.2. The molecule has 0 radical (unpaired) electrons. The fourth-order valence-electron chi connectivity index (χ4n) is 2.56. The van der Waals surface area contributed by atoms with Crippen LogP contribution in [-0.4, -0.2) is 27.2 Å². The first kappa shape index (κ1) is 19.8. The molecule has 0 aliphatic rings.